The van der Waals surface area contributed by atoms with Gasteiger partial charge in [0.2, 0.25) is 0 Å². The van der Waals surface area contributed by atoms with Gasteiger partial charge >= 0.3 is 0 Å². The zero-order chi connectivity index (χ0) is 16.4. The van der Waals surface area contributed by atoms with E-state index in [2.05, 4.69) is 11.6 Å². The molecule has 1 N–H and O–H groups in total. The fourth-order valence-corrected chi connectivity index (χ4v) is 2.75. The van der Waals surface area contributed by atoms with Gasteiger partial charge in [0.15, 0.2) is 11.5 Å². The summed E-state index contributed by atoms with van der Waals surface area (Å²) in [7, 11) is 0. The Morgan fingerprint density at radius 3 is 2.48 bits per heavy atom. The lowest BCUT2D eigenvalue weighted by atomic mass is 10.0. The van der Waals surface area contributed by atoms with Crippen molar-refractivity contribution in [1.29, 1.82) is 0 Å². The van der Waals surface area contributed by atoms with Crippen LogP contribution < -0.4 is 15.0 Å². The van der Waals surface area contributed by atoms with Gasteiger partial charge in [-0.1, -0.05) is 0 Å². The van der Waals surface area contributed by atoms with Crippen molar-refractivity contribution in [1.82, 2.24) is 5.48 Å². The standard InChI is InChI=1S/C18H25NO4/c1-12(2)21-16-6-5-14(9-17(16)22-13(3)4)15-10-18(23-19-15)7-8-20-11-18/h5-6,9-10,12-13,19H,7-8,11H2,1-4H3. The van der Waals surface area contributed by atoms with Gasteiger partial charge in [0.1, 0.15) is 5.60 Å². The zero-order valence-corrected chi connectivity index (χ0v) is 14.2. The summed E-state index contributed by atoms with van der Waals surface area (Å²) in [5, 5.41) is 0. The van der Waals surface area contributed by atoms with Crippen LogP contribution in [0, 0.1) is 0 Å². The molecule has 0 aromatic heterocycles. The lowest BCUT2D eigenvalue weighted by molar-refractivity contribution is -0.0373. The highest BCUT2D eigenvalue weighted by molar-refractivity contribution is 5.68. The molecule has 0 amide bonds. The van der Waals surface area contributed by atoms with Crippen molar-refractivity contribution in [3.05, 3.63) is 29.8 Å². The molecule has 0 saturated carbocycles. The van der Waals surface area contributed by atoms with Gasteiger partial charge in [-0.05, 0) is 52.0 Å². The highest BCUT2D eigenvalue weighted by Gasteiger charge is 2.39. The van der Waals surface area contributed by atoms with Gasteiger partial charge in [0.25, 0.3) is 0 Å². The molecule has 0 aliphatic carbocycles. The molecular weight excluding hydrogens is 294 g/mol. The average Bonchev–Trinajstić information content (AvgIpc) is 3.10. The molecule has 1 spiro atoms. The second-order valence-corrected chi connectivity index (χ2v) is 6.62. The number of benzene rings is 1. The Kier molecular flexibility index (Phi) is 4.50. The van der Waals surface area contributed by atoms with E-state index in [1.807, 2.05) is 45.9 Å². The van der Waals surface area contributed by atoms with E-state index >= 15 is 0 Å². The third kappa shape index (κ3) is 3.62. The van der Waals surface area contributed by atoms with Gasteiger partial charge in [-0.2, -0.15) is 0 Å². The van der Waals surface area contributed by atoms with Crippen molar-refractivity contribution in [3.63, 3.8) is 0 Å². The summed E-state index contributed by atoms with van der Waals surface area (Å²) < 4.78 is 17.2. The van der Waals surface area contributed by atoms with Crippen LogP contribution in [-0.4, -0.2) is 31.0 Å². The maximum atomic E-state index is 5.92. The first-order chi connectivity index (χ1) is 11.0. The van der Waals surface area contributed by atoms with Crippen LogP contribution in [0.5, 0.6) is 11.5 Å². The molecule has 23 heavy (non-hydrogen) atoms. The maximum absolute atomic E-state index is 5.92. The van der Waals surface area contributed by atoms with Gasteiger partial charge < -0.3 is 14.2 Å². The van der Waals surface area contributed by atoms with Crippen LogP contribution in [0.25, 0.3) is 5.70 Å². The summed E-state index contributed by atoms with van der Waals surface area (Å²) in [5.74, 6) is 1.51. The van der Waals surface area contributed by atoms with Crippen LogP contribution in [0.3, 0.4) is 0 Å². The molecule has 2 aliphatic heterocycles. The topological polar surface area (TPSA) is 49.0 Å². The number of nitrogens with one attached hydrogen (secondary N) is 1. The van der Waals surface area contributed by atoms with Crippen LogP contribution in [0.15, 0.2) is 24.3 Å². The number of rotatable bonds is 5. The molecule has 5 nitrogen and oxygen atoms in total. The first-order valence-corrected chi connectivity index (χ1v) is 8.20. The molecule has 0 bridgehead atoms. The minimum atomic E-state index is -0.332. The van der Waals surface area contributed by atoms with Crippen molar-refractivity contribution in [2.45, 2.75) is 51.9 Å². The Bertz CT molecular complexity index is 589. The number of hydrogen-bond acceptors (Lipinski definition) is 5. The minimum absolute atomic E-state index is 0.0797. The van der Waals surface area contributed by atoms with Gasteiger partial charge in [-0.3, -0.25) is 10.3 Å². The second kappa shape index (κ2) is 6.42. The maximum Gasteiger partial charge on any atom is 0.162 e. The van der Waals surface area contributed by atoms with E-state index in [0.29, 0.717) is 6.61 Å². The highest BCUT2D eigenvalue weighted by atomic mass is 16.7. The molecule has 1 unspecified atom stereocenters. The fourth-order valence-electron chi connectivity index (χ4n) is 2.75. The van der Waals surface area contributed by atoms with Crippen LogP contribution in [0.1, 0.15) is 39.7 Å². The molecule has 126 valence electrons. The van der Waals surface area contributed by atoms with E-state index in [9.17, 15) is 0 Å². The van der Waals surface area contributed by atoms with E-state index in [1.54, 1.807) is 0 Å². The van der Waals surface area contributed by atoms with Gasteiger partial charge in [-0.25, -0.2) is 0 Å². The summed E-state index contributed by atoms with van der Waals surface area (Å²) in [6.45, 7) is 9.35. The smallest absolute Gasteiger partial charge is 0.162 e. The lowest BCUT2D eigenvalue weighted by Gasteiger charge is -2.18. The Labute approximate surface area is 137 Å². The molecular formula is C18H25NO4. The summed E-state index contributed by atoms with van der Waals surface area (Å²) >= 11 is 0. The second-order valence-electron chi connectivity index (χ2n) is 6.62. The Morgan fingerprint density at radius 1 is 1.09 bits per heavy atom. The Hall–Kier alpha value is -1.72. The van der Waals surface area contributed by atoms with Crippen LogP contribution in [-0.2, 0) is 9.57 Å². The quantitative estimate of drug-likeness (QED) is 0.902. The monoisotopic (exact) mass is 319 g/mol. The van der Waals surface area contributed by atoms with E-state index in [0.717, 1.165) is 35.8 Å². The third-order valence-electron chi connectivity index (χ3n) is 3.77. The first-order valence-electron chi connectivity index (χ1n) is 8.20. The van der Waals surface area contributed by atoms with Crippen LogP contribution in [0.2, 0.25) is 0 Å². The van der Waals surface area contributed by atoms with E-state index < -0.39 is 0 Å². The number of ether oxygens (including phenoxy) is 3. The largest absolute Gasteiger partial charge is 0.487 e. The summed E-state index contributed by atoms with van der Waals surface area (Å²) in [4.78, 5) is 5.74. The molecule has 1 saturated heterocycles. The summed E-state index contributed by atoms with van der Waals surface area (Å²) in [6.07, 6.45) is 3.16. The molecule has 2 aliphatic rings. The van der Waals surface area contributed by atoms with Crippen molar-refractivity contribution < 1.29 is 19.0 Å². The Morgan fingerprint density at radius 2 is 1.83 bits per heavy atom. The lowest BCUT2D eigenvalue weighted by Crippen LogP contribution is -2.29. The number of hydroxylamine groups is 1. The summed E-state index contributed by atoms with van der Waals surface area (Å²) in [5.41, 5.74) is 4.66. The molecule has 1 aromatic carbocycles. The van der Waals surface area contributed by atoms with Crippen LogP contribution >= 0.6 is 0 Å². The van der Waals surface area contributed by atoms with Crippen molar-refractivity contribution >= 4 is 5.70 Å². The molecule has 0 radical (unpaired) electrons. The molecule has 1 atom stereocenters. The molecule has 3 rings (SSSR count). The van der Waals surface area contributed by atoms with Crippen LogP contribution in [0.4, 0.5) is 0 Å². The molecule has 1 aromatic rings. The highest BCUT2D eigenvalue weighted by Crippen LogP contribution is 2.36. The number of hydrogen-bond donors (Lipinski definition) is 1. The van der Waals surface area contributed by atoms with E-state index in [-0.39, 0.29) is 17.8 Å². The predicted molar refractivity (Wildman–Crippen MR) is 88.3 cm³/mol. The SMILES string of the molecule is CC(C)Oc1ccc(C2=CC3(CCOC3)ON2)cc1OC(C)C. The molecule has 2 heterocycles. The van der Waals surface area contributed by atoms with Crippen molar-refractivity contribution in [2.75, 3.05) is 13.2 Å². The zero-order valence-electron chi connectivity index (χ0n) is 14.2. The minimum Gasteiger partial charge on any atom is -0.487 e. The summed E-state index contributed by atoms with van der Waals surface area (Å²) in [6, 6.07) is 5.96. The Balaban J connectivity index is 1.88. The third-order valence-corrected chi connectivity index (χ3v) is 3.77. The van der Waals surface area contributed by atoms with Gasteiger partial charge in [-0.15, -0.1) is 0 Å². The van der Waals surface area contributed by atoms with Crippen molar-refractivity contribution in [3.8, 4) is 11.5 Å². The van der Waals surface area contributed by atoms with E-state index in [4.69, 9.17) is 19.0 Å². The fraction of sp³-hybridized carbons (Fsp3) is 0.556. The van der Waals surface area contributed by atoms with Gasteiger partial charge in [0, 0.05) is 18.6 Å². The van der Waals surface area contributed by atoms with E-state index in [1.165, 1.54) is 0 Å². The average molecular weight is 319 g/mol. The van der Waals surface area contributed by atoms with Crippen molar-refractivity contribution in [2.24, 2.45) is 0 Å². The molecule has 1 fully saturated rings. The molecule has 5 heteroatoms. The predicted octanol–water partition coefficient (Wildman–Crippen LogP) is 3.30. The normalized spacial score (nSPS) is 23.5. The first kappa shape index (κ1) is 16.1. The van der Waals surface area contributed by atoms with Gasteiger partial charge in [0.05, 0.1) is 24.5 Å².